The first-order chi connectivity index (χ1) is 13.2. The molecule has 0 saturated carbocycles. The quantitative estimate of drug-likeness (QED) is 0.568. The molecule has 134 valence electrons. The van der Waals surface area contributed by atoms with Gasteiger partial charge in [-0.2, -0.15) is 0 Å². The lowest BCUT2D eigenvalue weighted by atomic mass is 10.3. The van der Waals surface area contributed by atoms with Gasteiger partial charge in [0.15, 0.2) is 5.82 Å². The van der Waals surface area contributed by atoms with Crippen molar-refractivity contribution in [3.8, 4) is 11.5 Å². The van der Waals surface area contributed by atoms with Crippen LogP contribution in [-0.4, -0.2) is 29.9 Å². The molecule has 0 bridgehead atoms. The van der Waals surface area contributed by atoms with Gasteiger partial charge in [0.1, 0.15) is 28.2 Å². The Kier molecular flexibility index (Phi) is 4.80. The van der Waals surface area contributed by atoms with E-state index in [-0.39, 0.29) is 0 Å². The Bertz CT molecular complexity index is 1080. The Labute approximate surface area is 160 Å². The molecule has 8 heteroatoms. The average Bonchev–Trinajstić information content (AvgIpc) is 3.07. The Hall–Kier alpha value is -3.26. The van der Waals surface area contributed by atoms with Crippen LogP contribution in [0.1, 0.15) is 22.2 Å². The van der Waals surface area contributed by atoms with Gasteiger partial charge in [0, 0.05) is 29.2 Å². The molecule has 4 aromatic rings. The fraction of sp³-hybridized carbons (Fsp3) is 0.158. The van der Waals surface area contributed by atoms with Crippen LogP contribution in [-0.2, 0) is 6.42 Å². The van der Waals surface area contributed by atoms with E-state index < -0.39 is 0 Å². The minimum absolute atomic E-state index is 0.566. The Morgan fingerprint density at radius 1 is 0.852 bits per heavy atom. The van der Waals surface area contributed by atoms with Crippen LogP contribution in [0.3, 0.4) is 0 Å². The lowest BCUT2D eigenvalue weighted by Crippen LogP contribution is -2.03. The highest BCUT2D eigenvalue weighted by molar-refractivity contribution is 7.09. The highest BCUT2D eigenvalue weighted by atomic mass is 32.1. The lowest BCUT2D eigenvalue weighted by Gasteiger charge is -2.07. The number of aromatic nitrogens is 6. The summed E-state index contributed by atoms with van der Waals surface area (Å²) >= 11 is 1.62. The summed E-state index contributed by atoms with van der Waals surface area (Å²) in [7, 11) is 0. The molecular weight excluding hydrogens is 358 g/mol. The van der Waals surface area contributed by atoms with Gasteiger partial charge in [-0.05, 0) is 38.1 Å². The molecule has 0 aliphatic heterocycles. The molecule has 0 unspecified atom stereocenters. The molecule has 0 aromatic carbocycles. The first-order valence-electron chi connectivity index (χ1n) is 8.43. The maximum absolute atomic E-state index is 4.56. The van der Waals surface area contributed by atoms with E-state index in [9.17, 15) is 0 Å². The molecule has 0 fully saturated rings. The molecule has 0 saturated heterocycles. The average molecular weight is 375 g/mol. The van der Waals surface area contributed by atoms with Gasteiger partial charge in [0.2, 0.25) is 0 Å². The molecule has 4 rings (SSSR count). The van der Waals surface area contributed by atoms with Gasteiger partial charge in [-0.15, -0.1) is 11.3 Å². The molecule has 0 atom stereocenters. The second-order valence-corrected chi connectivity index (χ2v) is 6.91. The van der Waals surface area contributed by atoms with Crippen molar-refractivity contribution in [1.82, 2.24) is 29.9 Å². The van der Waals surface area contributed by atoms with E-state index in [1.807, 2.05) is 43.5 Å². The van der Waals surface area contributed by atoms with E-state index in [1.54, 1.807) is 29.8 Å². The van der Waals surface area contributed by atoms with E-state index in [0.717, 1.165) is 22.1 Å². The van der Waals surface area contributed by atoms with Crippen LogP contribution >= 0.6 is 11.3 Å². The summed E-state index contributed by atoms with van der Waals surface area (Å²) in [6.45, 7) is 3.92. The third kappa shape index (κ3) is 4.29. The predicted octanol–water partition coefficient (Wildman–Crippen LogP) is 3.74. The zero-order chi connectivity index (χ0) is 18.6. The number of nitrogens with one attached hydrogen (secondary N) is 1. The van der Waals surface area contributed by atoms with Gasteiger partial charge in [-0.3, -0.25) is 0 Å². The van der Waals surface area contributed by atoms with Gasteiger partial charge in [-0.25, -0.2) is 29.9 Å². The van der Waals surface area contributed by atoms with E-state index in [0.29, 0.717) is 29.7 Å². The van der Waals surface area contributed by atoms with Gasteiger partial charge in [-0.1, -0.05) is 6.07 Å². The largest absolute Gasteiger partial charge is 0.325 e. The van der Waals surface area contributed by atoms with Crippen molar-refractivity contribution in [2.24, 2.45) is 0 Å². The molecule has 0 aliphatic rings. The molecule has 0 radical (unpaired) electrons. The van der Waals surface area contributed by atoms with Crippen LogP contribution in [0.2, 0.25) is 0 Å². The normalized spacial score (nSPS) is 10.7. The summed E-state index contributed by atoms with van der Waals surface area (Å²) in [5.41, 5.74) is 2.68. The van der Waals surface area contributed by atoms with E-state index in [4.69, 9.17) is 0 Å². The van der Waals surface area contributed by atoms with Gasteiger partial charge < -0.3 is 5.32 Å². The van der Waals surface area contributed by atoms with Crippen LogP contribution < -0.4 is 5.32 Å². The smallest absolute Gasteiger partial charge is 0.180 e. The standard InChI is InChI=1S/C19H17N7S/c1-12-4-3-5-14(22-12)19-21-9-7-16(26-19)24-15-6-8-20-17(25-15)10-18-23-13(2)11-27-18/h3-9,11H,10H2,1-2H3,(H,20,21,24,25,26). The molecule has 4 heterocycles. The highest BCUT2D eigenvalue weighted by Crippen LogP contribution is 2.18. The van der Waals surface area contributed by atoms with Gasteiger partial charge in [0.25, 0.3) is 0 Å². The summed E-state index contributed by atoms with van der Waals surface area (Å²) in [5.74, 6) is 2.60. The number of hydrogen-bond acceptors (Lipinski definition) is 8. The van der Waals surface area contributed by atoms with Crippen LogP contribution in [0.25, 0.3) is 11.5 Å². The van der Waals surface area contributed by atoms with Crippen LogP contribution in [0.15, 0.2) is 48.1 Å². The van der Waals surface area contributed by atoms with Crippen molar-refractivity contribution in [3.63, 3.8) is 0 Å². The Balaban J connectivity index is 1.54. The SMILES string of the molecule is Cc1cccc(-c2nccc(Nc3ccnc(Cc4nc(C)cs4)n3)n2)n1. The van der Waals surface area contributed by atoms with Gasteiger partial charge in [0.05, 0.1) is 6.42 Å². The fourth-order valence-electron chi connectivity index (χ4n) is 2.52. The number of pyridine rings is 1. The molecule has 7 nitrogen and oxygen atoms in total. The zero-order valence-corrected chi connectivity index (χ0v) is 15.7. The maximum atomic E-state index is 4.56. The zero-order valence-electron chi connectivity index (χ0n) is 14.9. The monoisotopic (exact) mass is 375 g/mol. The number of thiazole rings is 1. The number of nitrogens with zero attached hydrogens (tertiary/aromatic N) is 6. The molecule has 0 aliphatic carbocycles. The third-order valence-corrected chi connectivity index (χ3v) is 4.68. The van der Waals surface area contributed by atoms with Crippen molar-refractivity contribution in [1.29, 1.82) is 0 Å². The van der Waals surface area contributed by atoms with Crippen LogP contribution in [0, 0.1) is 13.8 Å². The van der Waals surface area contributed by atoms with Crippen molar-refractivity contribution in [2.75, 3.05) is 5.32 Å². The van der Waals surface area contributed by atoms with Crippen LogP contribution in [0.4, 0.5) is 11.6 Å². The maximum Gasteiger partial charge on any atom is 0.180 e. The second kappa shape index (κ2) is 7.55. The van der Waals surface area contributed by atoms with Crippen molar-refractivity contribution < 1.29 is 0 Å². The first kappa shape index (κ1) is 17.2. The summed E-state index contributed by atoms with van der Waals surface area (Å²) in [6.07, 6.45) is 4.04. The lowest BCUT2D eigenvalue weighted by molar-refractivity contribution is 0.954. The number of anilines is 2. The Morgan fingerprint density at radius 2 is 1.67 bits per heavy atom. The Morgan fingerprint density at radius 3 is 2.44 bits per heavy atom. The van der Waals surface area contributed by atoms with Crippen LogP contribution in [0.5, 0.6) is 0 Å². The first-order valence-corrected chi connectivity index (χ1v) is 9.31. The van der Waals surface area contributed by atoms with Gasteiger partial charge >= 0.3 is 0 Å². The summed E-state index contributed by atoms with van der Waals surface area (Å²) in [4.78, 5) is 26.7. The molecule has 0 amide bonds. The number of rotatable bonds is 5. The molecule has 0 spiro atoms. The minimum Gasteiger partial charge on any atom is -0.325 e. The summed E-state index contributed by atoms with van der Waals surface area (Å²) < 4.78 is 0. The minimum atomic E-state index is 0.566. The van der Waals surface area contributed by atoms with Crippen molar-refractivity contribution >= 4 is 23.0 Å². The second-order valence-electron chi connectivity index (χ2n) is 5.97. The molecular formula is C19H17N7S. The molecule has 27 heavy (non-hydrogen) atoms. The molecule has 1 N–H and O–H groups in total. The fourth-order valence-corrected chi connectivity index (χ4v) is 3.29. The van der Waals surface area contributed by atoms with E-state index in [1.165, 1.54) is 0 Å². The third-order valence-electron chi connectivity index (χ3n) is 3.71. The van der Waals surface area contributed by atoms with Crippen molar-refractivity contribution in [3.05, 3.63) is 70.3 Å². The van der Waals surface area contributed by atoms with E-state index in [2.05, 4.69) is 35.2 Å². The molecule has 4 aromatic heterocycles. The number of aryl methyl sites for hydroxylation is 2. The predicted molar refractivity (Wildman–Crippen MR) is 105 cm³/mol. The van der Waals surface area contributed by atoms with E-state index >= 15 is 0 Å². The summed E-state index contributed by atoms with van der Waals surface area (Å²) in [5, 5.41) is 6.24. The topological polar surface area (TPSA) is 89.4 Å². The summed E-state index contributed by atoms with van der Waals surface area (Å²) in [6, 6.07) is 9.38. The van der Waals surface area contributed by atoms with Crippen molar-refractivity contribution in [2.45, 2.75) is 20.3 Å². The number of hydrogen-bond donors (Lipinski definition) is 1. The highest BCUT2D eigenvalue weighted by Gasteiger charge is 2.07.